The largest absolute Gasteiger partial charge is 0.382 e. The van der Waals surface area contributed by atoms with Gasteiger partial charge in [0.15, 0.2) is 0 Å². The van der Waals surface area contributed by atoms with Gasteiger partial charge in [0.25, 0.3) is 0 Å². The Kier molecular flexibility index (Phi) is 7.51. The minimum atomic E-state index is 0.123. The summed E-state index contributed by atoms with van der Waals surface area (Å²) in [5.41, 5.74) is 1.19. The van der Waals surface area contributed by atoms with Crippen molar-refractivity contribution in [3.8, 4) is 0 Å². The smallest absolute Gasteiger partial charge is 0.0865 e. The Morgan fingerprint density at radius 2 is 2.29 bits per heavy atom. The minimum Gasteiger partial charge on any atom is -0.382 e. The van der Waals surface area contributed by atoms with Crippen LogP contribution in [0.1, 0.15) is 37.9 Å². The maximum absolute atomic E-state index is 6.19. The number of piperidine rings is 1. The molecule has 1 fully saturated rings. The zero-order valence-electron chi connectivity index (χ0n) is 12.8. The van der Waals surface area contributed by atoms with E-state index in [9.17, 15) is 0 Å². The molecule has 2 atom stereocenters. The normalized spacial score (nSPS) is 20.4. The van der Waals surface area contributed by atoms with Crippen LogP contribution in [0.25, 0.3) is 0 Å². The summed E-state index contributed by atoms with van der Waals surface area (Å²) >= 11 is 6.14. The van der Waals surface area contributed by atoms with Gasteiger partial charge in [0.1, 0.15) is 0 Å². The van der Waals surface area contributed by atoms with Crippen LogP contribution < -0.4 is 5.32 Å². The monoisotopic (exact) mass is 311 g/mol. The van der Waals surface area contributed by atoms with Gasteiger partial charge in [0.05, 0.1) is 6.10 Å². The number of hydrogen-bond donors (Lipinski definition) is 1. The molecule has 1 heterocycles. The lowest BCUT2D eigenvalue weighted by molar-refractivity contribution is -0.00719. The van der Waals surface area contributed by atoms with Crippen LogP contribution in [-0.4, -0.2) is 32.9 Å². The molecule has 1 aliphatic rings. The topological polar surface area (TPSA) is 30.5 Å². The third-order valence-electron chi connectivity index (χ3n) is 3.87. The summed E-state index contributed by atoms with van der Waals surface area (Å²) in [6.07, 6.45) is 3.48. The molecule has 1 aromatic rings. The van der Waals surface area contributed by atoms with E-state index < -0.39 is 0 Å². The van der Waals surface area contributed by atoms with Gasteiger partial charge in [0.2, 0.25) is 0 Å². The summed E-state index contributed by atoms with van der Waals surface area (Å²) in [6.45, 7) is 6.41. The number of hydrogen-bond acceptors (Lipinski definition) is 3. The Bertz CT molecular complexity index is 408. The van der Waals surface area contributed by atoms with Crippen molar-refractivity contribution in [2.24, 2.45) is 5.92 Å². The van der Waals surface area contributed by atoms with Gasteiger partial charge in [-0.2, -0.15) is 0 Å². The second kappa shape index (κ2) is 9.42. The molecule has 0 radical (unpaired) electrons. The quantitative estimate of drug-likeness (QED) is 0.740. The first-order chi connectivity index (χ1) is 10.3. The average molecular weight is 312 g/mol. The van der Waals surface area contributed by atoms with Gasteiger partial charge >= 0.3 is 0 Å². The van der Waals surface area contributed by atoms with Crippen LogP contribution >= 0.6 is 11.6 Å². The highest BCUT2D eigenvalue weighted by Gasteiger charge is 2.25. The molecule has 1 aliphatic heterocycles. The lowest BCUT2D eigenvalue weighted by atomic mass is 9.89. The van der Waals surface area contributed by atoms with Crippen molar-refractivity contribution in [2.75, 3.05) is 32.9 Å². The first-order valence-electron chi connectivity index (χ1n) is 7.96. The molecule has 118 valence electrons. The Labute approximate surface area is 133 Å². The van der Waals surface area contributed by atoms with E-state index in [4.69, 9.17) is 21.1 Å². The van der Waals surface area contributed by atoms with E-state index in [-0.39, 0.29) is 6.10 Å². The maximum Gasteiger partial charge on any atom is 0.0865 e. The van der Waals surface area contributed by atoms with Crippen molar-refractivity contribution < 1.29 is 9.47 Å². The fourth-order valence-corrected chi connectivity index (χ4v) is 3.04. The summed E-state index contributed by atoms with van der Waals surface area (Å²) < 4.78 is 11.6. The van der Waals surface area contributed by atoms with Crippen molar-refractivity contribution in [3.63, 3.8) is 0 Å². The van der Waals surface area contributed by atoms with Crippen molar-refractivity contribution >= 4 is 11.6 Å². The second-order valence-corrected chi connectivity index (χ2v) is 5.94. The third-order valence-corrected chi connectivity index (χ3v) is 4.11. The molecule has 21 heavy (non-hydrogen) atoms. The summed E-state index contributed by atoms with van der Waals surface area (Å²) in [5.74, 6) is 0.518. The number of ether oxygens (including phenoxy) is 2. The van der Waals surface area contributed by atoms with Crippen molar-refractivity contribution in [2.45, 2.75) is 32.3 Å². The minimum absolute atomic E-state index is 0.123. The van der Waals surface area contributed by atoms with Gasteiger partial charge in [-0.15, -0.1) is 0 Å². The van der Waals surface area contributed by atoms with Gasteiger partial charge in [-0.05, 0) is 50.4 Å². The molecular weight excluding hydrogens is 286 g/mol. The molecule has 0 aliphatic carbocycles. The lowest BCUT2D eigenvalue weighted by Crippen LogP contribution is -2.34. The number of nitrogens with one attached hydrogen (secondary N) is 1. The Balaban J connectivity index is 1.96. The summed E-state index contributed by atoms with van der Waals surface area (Å²) in [7, 11) is 0. The zero-order chi connectivity index (χ0) is 14.9. The SMILES string of the molecule is CCOCCCO[C@@H](c1cccc(Cl)c1)[C@@H]1CCCNC1. The molecule has 0 spiro atoms. The van der Waals surface area contributed by atoms with Crippen LogP contribution in [0.3, 0.4) is 0 Å². The predicted molar refractivity (Wildman–Crippen MR) is 86.8 cm³/mol. The Morgan fingerprint density at radius 3 is 3.00 bits per heavy atom. The van der Waals surface area contributed by atoms with Crippen LogP contribution in [0.5, 0.6) is 0 Å². The molecule has 0 amide bonds. The molecule has 2 rings (SSSR count). The van der Waals surface area contributed by atoms with Crippen molar-refractivity contribution in [1.29, 1.82) is 0 Å². The van der Waals surface area contributed by atoms with Gasteiger partial charge in [-0.25, -0.2) is 0 Å². The van der Waals surface area contributed by atoms with Crippen molar-refractivity contribution in [1.82, 2.24) is 5.32 Å². The second-order valence-electron chi connectivity index (χ2n) is 5.50. The van der Waals surface area contributed by atoms with E-state index in [1.165, 1.54) is 18.4 Å². The van der Waals surface area contributed by atoms with E-state index in [0.29, 0.717) is 5.92 Å². The molecule has 3 nitrogen and oxygen atoms in total. The first kappa shape index (κ1) is 16.8. The van der Waals surface area contributed by atoms with E-state index in [0.717, 1.165) is 44.4 Å². The van der Waals surface area contributed by atoms with Gasteiger partial charge in [-0.1, -0.05) is 23.7 Å². The fraction of sp³-hybridized carbons (Fsp3) is 0.647. The van der Waals surface area contributed by atoms with Crippen LogP contribution in [0, 0.1) is 5.92 Å². The first-order valence-corrected chi connectivity index (χ1v) is 8.34. The number of rotatable bonds is 8. The Morgan fingerprint density at radius 1 is 1.38 bits per heavy atom. The summed E-state index contributed by atoms with van der Waals surface area (Å²) in [6, 6.07) is 8.07. The summed E-state index contributed by atoms with van der Waals surface area (Å²) in [4.78, 5) is 0. The molecule has 0 aromatic heterocycles. The molecule has 1 N–H and O–H groups in total. The van der Waals surface area contributed by atoms with Crippen molar-refractivity contribution in [3.05, 3.63) is 34.9 Å². The van der Waals surface area contributed by atoms with E-state index in [2.05, 4.69) is 11.4 Å². The van der Waals surface area contributed by atoms with Crippen LogP contribution in [0.2, 0.25) is 5.02 Å². The van der Waals surface area contributed by atoms with E-state index in [1.807, 2.05) is 25.1 Å². The Hall–Kier alpha value is -0.610. The predicted octanol–water partition coefficient (Wildman–Crippen LogP) is 3.82. The number of halogens is 1. The van der Waals surface area contributed by atoms with Gasteiger partial charge in [0, 0.05) is 37.3 Å². The molecule has 0 unspecified atom stereocenters. The highest BCUT2D eigenvalue weighted by molar-refractivity contribution is 6.30. The third kappa shape index (κ3) is 5.59. The highest BCUT2D eigenvalue weighted by atomic mass is 35.5. The molecule has 4 heteroatoms. The average Bonchev–Trinajstić information content (AvgIpc) is 2.52. The molecule has 0 bridgehead atoms. The maximum atomic E-state index is 6.19. The van der Waals surface area contributed by atoms with Gasteiger partial charge in [-0.3, -0.25) is 0 Å². The van der Waals surface area contributed by atoms with E-state index >= 15 is 0 Å². The highest BCUT2D eigenvalue weighted by Crippen LogP contribution is 2.32. The molecule has 1 saturated heterocycles. The summed E-state index contributed by atoms with van der Waals surface area (Å²) in [5, 5.41) is 4.25. The lowest BCUT2D eigenvalue weighted by Gasteiger charge is -2.31. The standard InChI is InChI=1S/C17H26ClNO2/c1-2-20-10-5-11-21-17(15-7-4-9-19-13-15)14-6-3-8-16(18)12-14/h3,6,8,12,15,17,19H,2,4-5,7,9-11,13H2,1H3/t15-,17+/m1/s1. The molecule has 0 saturated carbocycles. The number of benzene rings is 1. The van der Waals surface area contributed by atoms with Crippen LogP contribution in [-0.2, 0) is 9.47 Å². The van der Waals surface area contributed by atoms with Crippen LogP contribution in [0.15, 0.2) is 24.3 Å². The molecular formula is C17H26ClNO2. The fourth-order valence-electron chi connectivity index (χ4n) is 2.84. The van der Waals surface area contributed by atoms with Crippen LogP contribution in [0.4, 0.5) is 0 Å². The van der Waals surface area contributed by atoms with Gasteiger partial charge < -0.3 is 14.8 Å². The molecule has 1 aromatic carbocycles. The van der Waals surface area contributed by atoms with E-state index in [1.54, 1.807) is 0 Å². The zero-order valence-corrected chi connectivity index (χ0v) is 13.6.